The third-order valence-electron chi connectivity index (χ3n) is 4.76. The number of carbonyl (C=O) groups is 2. The Morgan fingerprint density at radius 3 is 2.64 bits per heavy atom. The Bertz CT molecular complexity index is 1120. The first-order chi connectivity index (χ1) is 15.9. The molecule has 3 aromatic rings. The van der Waals surface area contributed by atoms with Gasteiger partial charge in [0.15, 0.2) is 6.61 Å². The van der Waals surface area contributed by atoms with Gasteiger partial charge in [-0.15, -0.1) is 23.1 Å². The minimum Gasteiger partial charge on any atom is -0.497 e. The zero-order chi connectivity index (χ0) is 23.8. The molecule has 0 aliphatic rings. The lowest BCUT2D eigenvalue weighted by Gasteiger charge is -2.18. The highest BCUT2D eigenvalue weighted by Crippen LogP contribution is 2.29. The van der Waals surface area contributed by atoms with E-state index in [0.717, 1.165) is 21.2 Å². The fourth-order valence-corrected chi connectivity index (χ4v) is 4.79. The molecule has 174 valence electrons. The normalized spacial score (nSPS) is 11.5. The first kappa shape index (κ1) is 24.6. The number of esters is 1. The molecule has 0 saturated heterocycles. The number of thioether (sulfide) groups is 1. The molecule has 1 aromatic heterocycles. The van der Waals surface area contributed by atoms with Crippen LogP contribution < -0.4 is 14.8 Å². The Labute approximate surface area is 201 Å². The summed E-state index contributed by atoms with van der Waals surface area (Å²) in [6, 6.07) is 12.2. The van der Waals surface area contributed by atoms with E-state index in [2.05, 4.69) is 10.3 Å². The maximum Gasteiger partial charge on any atom is 0.339 e. The number of ether oxygens (including phenoxy) is 3. The maximum atomic E-state index is 12.7. The van der Waals surface area contributed by atoms with E-state index in [4.69, 9.17) is 14.2 Å². The number of rotatable bonds is 10. The van der Waals surface area contributed by atoms with Crippen LogP contribution in [0, 0.1) is 6.92 Å². The smallest absolute Gasteiger partial charge is 0.339 e. The molecule has 0 radical (unpaired) electrons. The van der Waals surface area contributed by atoms with Crippen LogP contribution in [0.3, 0.4) is 0 Å². The van der Waals surface area contributed by atoms with Crippen molar-refractivity contribution in [2.75, 3.05) is 20.8 Å². The Hall–Kier alpha value is -3.04. The first-order valence-corrected chi connectivity index (χ1v) is 12.1. The molecular weight excluding hydrogens is 460 g/mol. The van der Waals surface area contributed by atoms with E-state index < -0.39 is 11.9 Å². The number of hydrogen-bond donors (Lipinski definition) is 1. The van der Waals surface area contributed by atoms with Gasteiger partial charge in [-0.05, 0) is 44.2 Å². The number of nitrogens with one attached hydrogen (secondary N) is 1. The van der Waals surface area contributed by atoms with Gasteiger partial charge in [-0.1, -0.05) is 12.1 Å². The van der Waals surface area contributed by atoms with E-state index in [9.17, 15) is 9.59 Å². The van der Waals surface area contributed by atoms with Crippen molar-refractivity contribution in [3.63, 3.8) is 0 Å². The molecule has 0 bridgehead atoms. The zero-order valence-corrected chi connectivity index (χ0v) is 20.5. The van der Waals surface area contributed by atoms with Gasteiger partial charge >= 0.3 is 5.97 Å². The summed E-state index contributed by atoms with van der Waals surface area (Å²) in [5.74, 6) is 0.967. The molecule has 1 unspecified atom stereocenters. The predicted molar refractivity (Wildman–Crippen MR) is 129 cm³/mol. The highest BCUT2D eigenvalue weighted by atomic mass is 32.2. The SMILES string of the molecule is COc1ccc(OC)c(C(C)NC(=O)COC(=O)c2ccccc2SCc2csc(C)n2)c1. The third kappa shape index (κ3) is 6.72. The molecule has 0 aliphatic heterocycles. The van der Waals surface area contributed by atoms with Gasteiger partial charge in [-0.25, -0.2) is 9.78 Å². The zero-order valence-electron chi connectivity index (χ0n) is 18.9. The Kier molecular flexibility index (Phi) is 8.73. The van der Waals surface area contributed by atoms with Crippen LogP contribution >= 0.6 is 23.1 Å². The van der Waals surface area contributed by atoms with Gasteiger partial charge < -0.3 is 19.5 Å². The monoisotopic (exact) mass is 486 g/mol. The maximum absolute atomic E-state index is 12.7. The Morgan fingerprint density at radius 2 is 1.94 bits per heavy atom. The van der Waals surface area contributed by atoms with E-state index in [0.29, 0.717) is 22.8 Å². The molecule has 9 heteroatoms. The third-order valence-corrected chi connectivity index (χ3v) is 6.69. The van der Waals surface area contributed by atoms with Gasteiger partial charge in [0.05, 0.1) is 36.5 Å². The number of aromatic nitrogens is 1. The average Bonchev–Trinajstić information content (AvgIpc) is 3.25. The summed E-state index contributed by atoms with van der Waals surface area (Å²) in [6.07, 6.45) is 0. The topological polar surface area (TPSA) is 86.8 Å². The second-order valence-corrected chi connectivity index (χ2v) is 9.20. The van der Waals surface area contributed by atoms with E-state index in [1.54, 1.807) is 55.9 Å². The molecule has 0 saturated carbocycles. The summed E-state index contributed by atoms with van der Waals surface area (Å²) >= 11 is 3.10. The Morgan fingerprint density at radius 1 is 1.15 bits per heavy atom. The largest absolute Gasteiger partial charge is 0.497 e. The number of nitrogens with zero attached hydrogens (tertiary/aromatic N) is 1. The summed E-state index contributed by atoms with van der Waals surface area (Å²) in [5, 5.41) is 5.84. The highest BCUT2D eigenvalue weighted by Gasteiger charge is 2.18. The number of aryl methyl sites for hydroxylation is 1. The average molecular weight is 487 g/mol. The minimum absolute atomic E-state index is 0.370. The molecule has 1 heterocycles. The molecule has 7 nitrogen and oxygen atoms in total. The van der Waals surface area contributed by atoms with Crippen LogP contribution in [0.15, 0.2) is 52.7 Å². The molecule has 0 aliphatic carbocycles. The van der Waals surface area contributed by atoms with Gasteiger partial charge in [0.25, 0.3) is 5.91 Å². The van der Waals surface area contributed by atoms with Gasteiger partial charge in [0.1, 0.15) is 11.5 Å². The lowest BCUT2D eigenvalue weighted by atomic mass is 10.1. The number of carbonyl (C=O) groups excluding carboxylic acids is 2. The molecule has 2 aromatic carbocycles. The summed E-state index contributed by atoms with van der Waals surface area (Å²) in [7, 11) is 3.13. The number of thiazole rings is 1. The van der Waals surface area contributed by atoms with E-state index >= 15 is 0 Å². The number of methoxy groups -OCH3 is 2. The molecule has 33 heavy (non-hydrogen) atoms. The summed E-state index contributed by atoms with van der Waals surface area (Å²) in [6.45, 7) is 3.39. The fourth-order valence-electron chi connectivity index (χ4n) is 3.13. The van der Waals surface area contributed by atoms with E-state index in [1.165, 1.54) is 11.8 Å². The standard InChI is InChI=1S/C24H26N2O5S2/c1-15(20-11-18(29-3)9-10-21(20)30-4)25-23(27)12-31-24(28)19-7-5-6-8-22(19)33-14-17-13-32-16(2)26-17/h5-11,13,15H,12,14H2,1-4H3,(H,25,27). The first-order valence-electron chi connectivity index (χ1n) is 10.2. The number of amides is 1. The van der Waals surface area contributed by atoms with Crippen LogP contribution in [0.5, 0.6) is 11.5 Å². The highest BCUT2D eigenvalue weighted by molar-refractivity contribution is 7.98. The van der Waals surface area contributed by atoms with Crippen molar-refractivity contribution in [3.8, 4) is 11.5 Å². The molecule has 0 fully saturated rings. The quantitative estimate of drug-likeness (QED) is 0.325. The van der Waals surface area contributed by atoms with Crippen molar-refractivity contribution in [2.24, 2.45) is 0 Å². The molecule has 0 spiro atoms. The molecule has 3 rings (SSSR count). The van der Waals surface area contributed by atoms with Crippen LogP contribution in [0.4, 0.5) is 0 Å². The van der Waals surface area contributed by atoms with E-state index in [-0.39, 0.29) is 12.6 Å². The summed E-state index contributed by atoms with van der Waals surface area (Å²) < 4.78 is 15.9. The van der Waals surface area contributed by atoms with Gasteiger partial charge in [0, 0.05) is 21.6 Å². The molecule has 1 amide bonds. The minimum atomic E-state index is -0.547. The number of benzene rings is 2. The molecule has 1 atom stereocenters. The van der Waals surface area contributed by atoms with Crippen LogP contribution in [0.1, 0.15) is 39.6 Å². The van der Waals surface area contributed by atoms with Crippen LogP contribution in [0.25, 0.3) is 0 Å². The van der Waals surface area contributed by atoms with Gasteiger partial charge in [-0.2, -0.15) is 0 Å². The van der Waals surface area contributed by atoms with Gasteiger partial charge in [0.2, 0.25) is 0 Å². The van der Waals surface area contributed by atoms with Crippen molar-refractivity contribution in [3.05, 3.63) is 69.7 Å². The van der Waals surface area contributed by atoms with Crippen LogP contribution in [-0.4, -0.2) is 37.7 Å². The Balaban J connectivity index is 1.58. The van der Waals surface area contributed by atoms with Crippen molar-refractivity contribution in [1.82, 2.24) is 10.3 Å². The lowest BCUT2D eigenvalue weighted by Crippen LogP contribution is -2.31. The van der Waals surface area contributed by atoms with Crippen LogP contribution in [0.2, 0.25) is 0 Å². The van der Waals surface area contributed by atoms with E-state index in [1.807, 2.05) is 31.4 Å². The van der Waals surface area contributed by atoms with Crippen molar-refractivity contribution in [1.29, 1.82) is 0 Å². The summed E-state index contributed by atoms with van der Waals surface area (Å²) in [5.41, 5.74) is 2.15. The number of hydrogen-bond acceptors (Lipinski definition) is 8. The van der Waals surface area contributed by atoms with Crippen molar-refractivity contribution in [2.45, 2.75) is 30.5 Å². The predicted octanol–water partition coefficient (Wildman–Crippen LogP) is 4.80. The van der Waals surface area contributed by atoms with Crippen molar-refractivity contribution >= 4 is 35.0 Å². The fraction of sp³-hybridized carbons (Fsp3) is 0.292. The second kappa shape index (κ2) is 11.7. The van der Waals surface area contributed by atoms with Gasteiger partial charge in [-0.3, -0.25) is 4.79 Å². The molecular formula is C24H26N2O5S2. The second-order valence-electron chi connectivity index (χ2n) is 7.12. The van der Waals surface area contributed by atoms with Crippen LogP contribution in [-0.2, 0) is 15.3 Å². The van der Waals surface area contributed by atoms with Crippen molar-refractivity contribution < 1.29 is 23.8 Å². The summed E-state index contributed by atoms with van der Waals surface area (Å²) in [4.78, 5) is 30.3. The lowest BCUT2D eigenvalue weighted by molar-refractivity contribution is -0.124. The molecule has 1 N–H and O–H groups in total.